The summed E-state index contributed by atoms with van der Waals surface area (Å²) in [5, 5.41) is 8.61. The van der Waals surface area contributed by atoms with Gasteiger partial charge in [0, 0.05) is 25.2 Å². The van der Waals surface area contributed by atoms with Gasteiger partial charge >= 0.3 is 0 Å². The van der Waals surface area contributed by atoms with Gasteiger partial charge < -0.3 is 4.90 Å². The summed E-state index contributed by atoms with van der Waals surface area (Å²) in [7, 11) is 0. The Morgan fingerprint density at radius 3 is 2.41 bits per heavy atom. The number of aromatic nitrogens is 3. The Morgan fingerprint density at radius 2 is 1.82 bits per heavy atom. The molecule has 0 amide bonds. The lowest BCUT2D eigenvalue weighted by molar-refractivity contribution is 0.419. The zero-order valence-corrected chi connectivity index (χ0v) is 12.4. The van der Waals surface area contributed by atoms with Crippen LogP contribution in [0.1, 0.15) is 6.92 Å². The number of halogens is 2. The van der Waals surface area contributed by atoms with Crippen LogP contribution < -0.4 is 4.90 Å². The van der Waals surface area contributed by atoms with Gasteiger partial charge in [-0.3, -0.25) is 8.96 Å². The van der Waals surface area contributed by atoms with E-state index in [-0.39, 0.29) is 18.4 Å². The van der Waals surface area contributed by atoms with E-state index in [1.54, 1.807) is 12.1 Å². The van der Waals surface area contributed by atoms with Crippen molar-refractivity contribution in [1.29, 1.82) is 0 Å². The smallest absolute Gasteiger partial charge is 0.227 e. The lowest BCUT2D eigenvalue weighted by atomic mass is 10.2. The molecule has 116 valence electrons. The summed E-state index contributed by atoms with van der Waals surface area (Å²) in [6, 6.07) is 6.30. The summed E-state index contributed by atoms with van der Waals surface area (Å²) >= 11 is 0. The molecule has 4 rings (SSSR count). The predicted molar refractivity (Wildman–Crippen MR) is 79.7 cm³/mol. The number of benzene rings is 1. The van der Waals surface area contributed by atoms with Crippen LogP contribution in [0.3, 0.4) is 0 Å². The number of alkyl halides is 1. The average molecular weight is 304 g/mol. The first-order valence-electron chi connectivity index (χ1n) is 7.73. The maximum atomic E-state index is 13.1. The monoisotopic (exact) mass is 304 g/mol. The zero-order chi connectivity index (χ0) is 15.3. The number of piperidine rings is 1. The molecule has 2 heterocycles. The Hall–Kier alpha value is -1.98. The van der Waals surface area contributed by atoms with E-state index in [1.165, 1.54) is 12.1 Å². The SMILES string of the molecule is CCn1c(-c2ccc(F)cc2)nnc1N1C[C@@H]2C(CF)[C@@H]2C1. The molecule has 1 saturated carbocycles. The van der Waals surface area contributed by atoms with Gasteiger partial charge in [-0.1, -0.05) is 0 Å². The predicted octanol–water partition coefficient (Wildman–Crippen LogP) is 2.76. The van der Waals surface area contributed by atoms with Gasteiger partial charge in [0.15, 0.2) is 5.82 Å². The van der Waals surface area contributed by atoms with Crippen LogP contribution in [-0.2, 0) is 6.54 Å². The van der Waals surface area contributed by atoms with Crippen LogP contribution in [0.5, 0.6) is 0 Å². The molecule has 2 aromatic rings. The zero-order valence-electron chi connectivity index (χ0n) is 12.4. The first-order valence-corrected chi connectivity index (χ1v) is 7.73. The molecule has 3 atom stereocenters. The lowest BCUT2D eigenvalue weighted by Gasteiger charge is -2.21. The maximum absolute atomic E-state index is 13.1. The van der Waals surface area contributed by atoms with E-state index < -0.39 is 0 Å². The molecule has 2 fully saturated rings. The molecule has 0 N–H and O–H groups in total. The Kier molecular flexibility index (Phi) is 3.13. The van der Waals surface area contributed by atoms with E-state index in [1.807, 2.05) is 11.5 Å². The quantitative estimate of drug-likeness (QED) is 0.871. The first-order chi connectivity index (χ1) is 10.7. The van der Waals surface area contributed by atoms with E-state index in [0.29, 0.717) is 11.8 Å². The van der Waals surface area contributed by atoms with E-state index in [0.717, 1.165) is 37.0 Å². The lowest BCUT2D eigenvalue weighted by Crippen LogP contribution is -2.27. The second-order valence-corrected chi connectivity index (χ2v) is 6.13. The highest BCUT2D eigenvalue weighted by atomic mass is 19.1. The van der Waals surface area contributed by atoms with Crippen molar-refractivity contribution in [3.8, 4) is 11.4 Å². The van der Waals surface area contributed by atoms with Crippen molar-refractivity contribution in [1.82, 2.24) is 14.8 Å². The van der Waals surface area contributed by atoms with Gasteiger partial charge in [0.25, 0.3) is 0 Å². The largest absolute Gasteiger partial charge is 0.340 e. The van der Waals surface area contributed by atoms with Crippen LogP contribution in [-0.4, -0.2) is 34.5 Å². The molecule has 22 heavy (non-hydrogen) atoms. The Bertz CT molecular complexity index is 670. The average Bonchev–Trinajstić information content (AvgIpc) is 2.92. The fourth-order valence-corrected chi connectivity index (χ4v) is 3.67. The van der Waals surface area contributed by atoms with E-state index >= 15 is 0 Å². The summed E-state index contributed by atoms with van der Waals surface area (Å²) < 4.78 is 27.9. The molecule has 4 nitrogen and oxygen atoms in total. The molecule has 2 aliphatic rings. The Morgan fingerprint density at radius 1 is 1.14 bits per heavy atom. The third-order valence-electron chi connectivity index (χ3n) is 4.98. The second kappa shape index (κ2) is 5.04. The van der Waals surface area contributed by atoms with Crippen LogP contribution in [0.15, 0.2) is 24.3 Å². The van der Waals surface area contributed by atoms with E-state index in [9.17, 15) is 8.78 Å². The van der Waals surface area contributed by atoms with Crippen molar-refractivity contribution >= 4 is 5.95 Å². The number of nitrogens with zero attached hydrogens (tertiary/aromatic N) is 4. The number of anilines is 1. The molecule has 1 aromatic carbocycles. The number of rotatable bonds is 4. The van der Waals surface area contributed by atoms with Crippen molar-refractivity contribution in [2.75, 3.05) is 24.7 Å². The van der Waals surface area contributed by atoms with Crippen LogP contribution in [0.25, 0.3) is 11.4 Å². The highest BCUT2D eigenvalue weighted by molar-refractivity contribution is 5.58. The molecule has 6 heteroatoms. The molecule has 1 aliphatic carbocycles. The highest BCUT2D eigenvalue weighted by Crippen LogP contribution is 2.52. The molecule has 1 aliphatic heterocycles. The fourth-order valence-electron chi connectivity index (χ4n) is 3.67. The van der Waals surface area contributed by atoms with Gasteiger partial charge in [0.2, 0.25) is 5.95 Å². The number of hydrogen-bond donors (Lipinski definition) is 0. The summed E-state index contributed by atoms with van der Waals surface area (Å²) in [5.41, 5.74) is 0.855. The van der Waals surface area contributed by atoms with Crippen molar-refractivity contribution in [2.24, 2.45) is 17.8 Å². The summed E-state index contributed by atoms with van der Waals surface area (Å²) in [6.07, 6.45) is 0. The van der Waals surface area contributed by atoms with Crippen LogP contribution in [0, 0.1) is 23.6 Å². The van der Waals surface area contributed by atoms with Crippen molar-refractivity contribution < 1.29 is 8.78 Å². The fraction of sp³-hybridized carbons (Fsp3) is 0.500. The topological polar surface area (TPSA) is 34.0 Å². The van der Waals surface area contributed by atoms with E-state index in [2.05, 4.69) is 15.1 Å². The minimum absolute atomic E-state index is 0.204. The molecule has 1 aromatic heterocycles. The highest BCUT2D eigenvalue weighted by Gasteiger charge is 2.56. The van der Waals surface area contributed by atoms with E-state index in [4.69, 9.17) is 0 Å². The minimum Gasteiger partial charge on any atom is -0.340 e. The third kappa shape index (κ3) is 2.01. The van der Waals surface area contributed by atoms with Crippen molar-refractivity contribution in [2.45, 2.75) is 13.5 Å². The Balaban J connectivity index is 1.61. The Labute approximate surface area is 127 Å². The molecular formula is C16H18F2N4. The molecule has 0 bridgehead atoms. The van der Waals surface area contributed by atoms with Crippen LogP contribution in [0.4, 0.5) is 14.7 Å². The van der Waals surface area contributed by atoms with Gasteiger partial charge in [-0.2, -0.15) is 0 Å². The first kappa shape index (κ1) is 13.7. The van der Waals surface area contributed by atoms with Crippen molar-refractivity contribution in [3.63, 3.8) is 0 Å². The van der Waals surface area contributed by atoms with Gasteiger partial charge in [-0.15, -0.1) is 10.2 Å². The molecule has 0 radical (unpaired) electrons. The summed E-state index contributed by atoms with van der Waals surface area (Å²) in [5.74, 6) is 2.53. The van der Waals surface area contributed by atoms with Gasteiger partial charge in [0.05, 0.1) is 6.67 Å². The molecule has 0 spiro atoms. The molecule has 1 unspecified atom stereocenters. The molecular weight excluding hydrogens is 286 g/mol. The summed E-state index contributed by atoms with van der Waals surface area (Å²) in [4.78, 5) is 2.20. The standard InChI is InChI=1S/C16H18F2N4/c1-2-22-15(10-3-5-11(18)6-4-10)19-20-16(22)21-8-13-12(7-17)14(13)9-21/h3-6,12-14H,2,7-9H2,1H3/t12?,13-,14+. The second-order valence-electron chi connectivity index (χ2n) is 6.13. The van der Waals surface area contributed by atoms with Gasteiger partial charge in [-0.25, -0.2) is 4.39 Å². The third-order valence-corrected chi connectivity index (χ3v) is 4.98. The van der Waals surface area contributed by atoms with Crippen LogP contribution in [0.2, 0.25) is 0 Å². The maximum Gasteiger partial charge on any atom is 0.227 e. The number of fused-ring (bicyclic) bond motifs is 1. The molecule has 1 saturated heterocycles. The van der Waals surface area contributed by atoms with Crippen LogP contribution >= 0.6 is 0 Å². The number of hydrogen-bond acceptors (Lipinski definition) is 3. The summed E-state index contributed by atoms with van der Waals surface area (Å²) in [6.45, 7) is 4.31. The van der Waals surface area contributed by atoms with Gasteiger partial charge in [0.1, 0.15) is 5.82 Å². The minimum atomic E-state index is -0.261. The van der Waals surface area contributed by atoms with Gasteiger partial charge in [-0.05, 0) is 48.9 Å². The normalized spacial score (nSPS) is 26.3. The van der Waals surface area contributed by atoms with Crippen molar-refractivity contribution in [3.05, 3.63) is 30.1 Å².